The lowest BCUT2D eigenvalue weighted by Crippen LogP contribution is -2.09. The largest absolute Gasteiger partial charge is 0.456 e. The van der Waals surface area contributed by atoms with Crippen LogP contribution in [0.15, 0.2) is 144 Å². The first-order valence-corrected chi connectivity index (χ1v) is 16.4. The number of anilines is 3. The molecule has 0 radical (unpaired) electrons. The second-order valence-electron chi connectivity index (χ2n) is 11.4. The molecule has 10 aromatic rings. The van der Waals surface area contributed by atoms with Crippen molar-refractivity contribution in [2.24, 2.45) is 0 Å². The molecule has 0 aliphatic heterocycles. The van der Waals surface area contributed by atoms with Gasteiger partial charge >= 0.3 is 0 Å². The van der Waals surface area contributed by atoms with Gasteiger partial charge in [0.2, 0.25) is 0 Å². The fraction of sp³-hybridized carbons (Fsp3) is 0. The van der Waals surface area contributed by atoms with Gasteiger partial charge in [-0.05, 0) is 89.6 Å². The number of thiophene rings is 2. The number of hydrogen-bond acceptors (Lipinski definition) is 4. The van der Waals surface area contributed by atoms with Crippen LogP contribution in [0.5, 0.6) is 0 Å². The summed E-state index contributed by atoms with van der Waals surface area (Å²) in [6.07, 6.45) is 0. The van der Waals surface area contributed by atoms with Crippen LogP contribution in [0, 0.1) is 0 Å². The van der Waals surface area contributed by atoms with Gasteiger partial charge in [-0.25, -0.2) is 0 Å². The number of nitrogens with zero attached hydrogens (tertiary/aromatic N) is 1. The molecule has 0 bridgehead atoms. The molecule has 0 aliphatic rings. The van der Waals surface area contributed by atoms with Gasteiger partial charge in [0.15, 0.2) is 0 Å². The van der Waals surface area contributed by atoms with E-state index >= 15 is 0 Å². The number of fused-ring (bicyclic) bond motifs is 10. The molecule has 44 heavy (non-hydrogen) atoms. The molecule has 0 N–H and O–H groups in total. The highest BCUT2D eigenvalue weighted by molar-refractivity contribution is 7.26. The summed E-state index contributed by atoms with van der Waals surface area (Å²) in [4.78, 5) is 2.41. The second kappa shape index (κ2) is 9.17. The van der Waals surface area contributed by atoms with E-state index in [2.05, 4.69) is 132 Å². The Kier molecular flexibility index (Phi) is 5.06. The Morgan fingerprint density at radius 2 is 0.909 bits per heavy atom. The molecule has 206 valence electrons. The van der Waals surface area contributed by atoms with E-state index in [0.29, 0.717) is 0 Å². The van der Waals surface area contributed by atoms with Gasteiger partial charge in [-0.1, -0.05) is 60.7 Å². The minimum atomic E-state index is 0.923. The molecule has 0 fully saturated rings. The Labute approximate surface area is 260 Å². The van der Waals surface area contributed by atoms with Crippen LogP contribution in [-0.4, -0.2) is 0 Å². The first-order chi connectivity index (χ1) is 21.8. The van der Waals surface area contributed by atoms with Crippen LogP contribution in [0.25, 0.3) is 73.1 Å². The Bertz CT molecular complexity index is 2630. The maximum atomic E-state index is 6.21. The Morgan fingerprint density at radius 1 is 0.364 bits per heavy atom. The predicted octanol–water partition coefficient (Wildman–Crippen LogP) is 12.9. The van der Waals surface area contributed by atoms with Gasteiger partial charge in [-0.3, -0.25) is 0 Å². The Hall–Kier alpha value is -5.16. The van der Waals surface area contributed by atoms with Crippen LogP contribution >= 0.6 is 22.7 Å². The van der Waals surface area contributed by atoms with E-state index in [9.17, 15) is 0 Å². The predicted molar refractivity (Wildman–Crippen MR) is 192 cm³/mol. The molecule has 0 saturated heterocycles. The summed E-state index contributed by atoms with van der Waals surface area (Å²) < 4.78 is 11.5. The normalized spacial score (nSPS) is 12.1. The smallest absolute Gasteiger partial charge is 0.136 e. The molecule has 2 nitrogen and oxygen atoms in total. The van der Waals surface area contributed by atoms with Gasteiger partial charge in [0, 0.05) is 68.2 Å². The summed E-state index contributed by atoms with van der Waals surface area (Å²) in [5.41, 5.74) is 5.27. The lowest BCUT2D eigenvalue weighted by Gasteiger charge is -2.26. The summed E-state index contributed by atoms with van der Waals surface area (Å²) in [6, 6.07) is 50.8. The SMILES string of the molecule is c1ccc2c(c1)oc1cc3ccc(N(c4ccc5sc6ccccc6c5c4)c4ccc5sc6ccccc6c5c4)cc3cc12. The topological polar surface area (TPSA) is 16.4 Å². The minimum absolute atomic E-state index is 0.923. The third kappa shape index (κ3) is 3.59. The van der Waals surface area contributed by atoms with Crippen molar-refractivity contribution in [2.75, 3.05) is 4.90 Å². The number of hydrogen-bond donors (Lipinski definition) is 0. The molecule has 0 saturated carbocycles. The van der Waals surface area contributed by atoms with E-state index in [1.54, 1.807) is 0 Å². The van der Waals surface area contributed by atoms with Gasteiger partial charge in [0.25, 0.3) is 0 Å². The van der Waals surface area contributed by atoms with Gasteiger partial charge in [-0.2, -0.15) is 0 Å². The van der Waals surface area contributed by atoms with E-state index in [1.807, 2.05) is 34.8 Å². The lowest BCUT2D eigenvalue weighted by atomic mass is 10.0. The highest BCUT2D eigenvalue weighted by Crippen LogP contribution is 2.44. The molecule has 0 amide bonds. The van der Waals surface area contributed by atoms with Crippen molar-refractivity contribution < 1.29 is 4.42 Å². The van der Waals surface area contributed by atoms with Crippen molar-refractivity contribution in [2.45, 2.75) is 0 Å². The van der Waals surface area contributed by atoms with Gasteiger partial charge in [0.1, 0.15) is 11.2 Å². The zero-order chi connectivity index (χ0) is 28.8. The number of furan rings is 1. The first kappa shape index (κ1) is 24.3. The van der Waals surface area contributed by atoms with Crippen molar-refractivity contribution in [3.63, 3.8) is 0 Å². The monoisotopic (exact) mass is 597 g/mol. The molecule has 3 heterocycles. The van der Waals surface area contributed by atoms with E-state index in [-0.39, 0.29) is 0 Å². The van der Waals surface area contributed by atoms with Crippen LogP contribution in [0.2, 0.25) is 0 Å². The molecule has 10 rings (SSSR count). The third-order valence-electron chi connectivity index (χ3n) is 8.81. The molecule has 7 aromatic carbocycles. The van der Waals surface area contributed by atoms with Gasteiger partial charge < -0.3 is 9.32 Å². The van der Waals surface area contributed by atoms with E-state index in [4.69, 9.17) is 4.42 Å². The second-order valence-corrected chi connectivity index (χ2v) is 13.5. The van der Waals surface area contributed by atoms with Crippen LogP contribution in [0.1, 0.15) is 0 Å². The number of benzene rings is 7. The van der Waals surface area contributed by atoms with E-state index < -0.39 is 0 Å². The Morgan fingerprint density at radius 3 is 1.59 bits per heavy atom. The summed E-state index contributed by atoms with van der Waals surface area (Å²) in [6.45, 7) is 0. The fourth-order valence-electron chi connectivity index (χ4n) is 6.75. The standard InChI is InChI=1S/C40H23NOS2/c1-4-10-35-29(7-1)32-20-25-19-26(14-13-24(25)21-36(32)42-35)41(27-15-17-39-33(22-27)30-8-2-5-11-37(30)43-39)28-16-18-40-34(23-28)31-9-3-6-12-38(31)44-40/h1-23H. The summed E-state index contributed by atoms with van der Waals surface area (Å²) >= 11 is 3.71. The van der Waals surface area contributed by atoms with Crippen LogP contribution in [0.3, 0.4) is 0 Å². The third-order valence-corrected chi connectivity index (χ3v) is 11.1. The highest BCUT2D eigenvalue weighted by atomic mass is 32.1. The zero-order valence-corrected chi connectivity index (χ0v) is 25.1. The molecular formula is C40H23NOS2. The minimum Gasteiger partial charge on any atom is -0.456 e. The highest BCUT2D eigenvalue weighted by Gasteiger charge is 2.18. The Balaban J connectivity index is 1.23. The van der Waals surface area contributed by atoms with Crippen molar-refractivity contribution in [3.8, 4) is 0 Å². The van der Waals surface area contributed by atoms with Crippen LogP contribution in [-0.2, 0) is 0 Å². The average molecular weight is 598 g/mol. The zero-order valence-electron chi connectivity index (χ0n) is 23.5. The maximum Gasteiger partial charge on any atom is 0.136 e. The van der Waals surface area contributed by atoms with Crippen molar-refractivity contribution >= 4 is 113 Å². The molecule has 3 aromatic heterocycles. The van der Waals surface area contributed by atoms with E-state index in [0.717, 1.165) is 39.0 Å². The summed E-state index contributed by atoms with van der Waals surface area (Å²) in [7, 11) is 0. The maximum absolute atomic E-state index is 6.21. The van der Waals surface area contributed by atoms with Crippen molar-refractivity contribution in [1.82, 2.24) is 0 Å². The van der Waals surface area contributed by atoms with Crippen LogP contribution in [0.4, 0.5) is 17.1 Å². The lowest BCUT2D eigenvalue weighted by molar-refractivity contribution is 0.669. The van der Waals surface area contributed by atoms with Crippen LogP contribution < -0.4 is 4.90 Å². The molecule has 0 aliphatic carbocycles. The fourth-order valence-corrected chi connectivity index (χ4v) is 8.92. The van der Waals surface area contributed by atoms with Gasteiger partial charge in [0.05, 0.1) is 0 Å². The molecule has 4 heteroatoms. The summed E-state index contributed by atoms with van der Waals surface area (Å²) in [5.74, 6) is 0. The quantitative estimate of drug-likeness (QED) is 0.201. The number of para-hydroxylation sites is 1. The number of rotatable bonds is 3. The van der Waals surface area contributed by atoms with Crippen molar-refractivity contribution in [3.05, 3.63) is 140 Å². The molecule has 0 unspecified atom stereocenters. The first-order valence-electron chi connectivity index (χ1n) is 14.7. The molecular weight excluding hydrogens is 575 g/mol. The molecule has 0 spiro atoms. The van der Waals surface area contributed by atoms with Gasteiger partial charge in [-0.15, -0.1) is 22.7 Å². The molecule has 0 atom stereocenters. The summed E-state index contributed by atoms with van der Waals surface area (Å²) in [5, 5.41) is 9.85. The van der Waals surface area contributed by atoms with E-state index in [1.165, 1.54) is 51.1 Å². The van der Waals surface area contributed by atoms with Crippen molar-refractivity contribution in [1.29, 1.82) is 0 Å². The average Bonchev–Trinajstić information content (AvgIpc) is 3.74.